The molecule has 0 saturated carbocycles. The Hall–Kier alpha value is -3.69. The highest BCUT2D eigenvalue weighted by Crippen LogP contribution is 2.27. The van der Waals surface area contributed by atoms with Gasteiger partial charge in [-0.2, -0.15) is 4.98 Å². The summed E-state index contributed by atoms with van der Waals surface area (Å²) in [4.78, 5) is 14.7. The van der Waals surface area contributed by atoms with Crippen molar-refractivity contribution in [3.8, 4) is 11.1 Å². The number of hydrogen-bond acceptors (Lipinski definition) is 6. The van der Waals surface area contributed by atoms with Crippen molar-refractivity contribution in [3.05, 3.63) is 66.3 Å². The average molecular weight is 439 g/mol. The molecule has 164 valence electrons. The van der Waals surface area contributed by atoms with Crippen LogP contribution in [-0.4, -0.2) is 49.9 Å². The summed E-state index contributed by atoms with van der Waals surface area (Å²) in [6.07, 6.45) is 2.56. The van der Waals surface area contributed by atoms with E-state index >= 15 is 0 Å². The third kappa shape index (κ3) is 3.83. The number of pyridine rings is 1. The molecule has 5 rings (SSSR count). The van der Waals surface area contributed by atoms with E-state index in [2.05, 4.69) is 25.4 Å². The van der Waals surface area contributed by atoms with Crippen LogP contribution in [0.15, 0.2) is 48.9 Å². The number of benzene rings is 1. The number of alkyl halides is 1. The minimum atomic E-state index is -1.16. The van der Waals surface area contributed by atoms with Crippen molar-refractivity contribution >= 4 is 17.4 Å². The lowest BCUT2D eigenvalue weighted by Crippen LogP contribution is -2.48. The van der Waals surface area contributed by atoms with Gasteiger partial charge in [0.2, 0.25) is 5.95 Å². The van der Waals surface area contributed by atoms with E-state index in [9.17, 15) is 13.2 Å². The number of aryl methyl sites for hydroxylation is 1. The maximum atomic E-state index is 15.0. The van der Waals surface area contributed by atoms with E-state index in [0.717, 1.165) is 17.8 Å². The average Bonchev–Trinajstić information content (AvgIpc) is 3.20. The van der Waals surface area contributed by atoms with Gasteiger partial charge in [-0.1, -0.05) is 6.07 Å². The number of nitrogens with one attached hydrogen (secondary N) is 1. The first-order valence-electron chi connectivity index (χ1n) is 10.2. The number of piperidine rings is 1. The number of rotatable bonds is 4. The van der Waals surface area contributed by atoms with E-state index in [1.54, 1.807) is 18.3 Å². The molecule has 1 fully saturated rings. The Bertz CT molecular complexity index is 1280. The summed E-state index contributed by atoms with van der Waals surface area (Å²) in [7, 11) is 0. The molecule has 0 spiro atoms. The van der Waals surface area contributed by atoms with Gasteiger partial charge in [0.05, 0.1) is 12.6 Å². The van der Waals surface area contributed by atoms with Crippen molar-refractivity contribution in [1.82, 2.24) is 24.6 Å². The summed E-state index contributed by atoms with van der Waals surface area (Å²) in [5.74, 6) is -0.866. The molecule has 1 aliphatic rings. The van der Waals surface area contributed by atoms with Gasteiger partial charge in [-0.3, -0.25) is 0 Å². The molecule has 0 bridgehead atoms. The Kier molecular flexibility index (Phi) is 5.12. The third-order valence-electron chi connectivity index (χ3n) is 5.56. The second-order valence-electron chi connectivity index (χ2n) is 7.77. The summed E-state index contributed by atoms with van der Waals surface area (Å²) in [5, 5.41) is 7.47. The van der Waals surface area contributed by atoms with Crippen LogP contribution in [0.3, 0.4) is 0 Å². The fourth-order valence-electron chi connectivity index (χ4n) is 3.91. The molecule has 3 aromatic heterocycles. The molecule has 0 radical (unpaired) electrons. The van der Waals surface area contributed by atoms with Gasteiger partial charge in [-0.05, 0) is 43.2 Å². The quantitative estimate of drug-likeness (QED) is 0.522. The lowest BCUT2D eigenvalue weighted by atomic mass is 10.0. The van der Waals surface area contributed by atoms with Crippen LogP contribution in [0.25, 0.3) is 16.8 Å². The van der Waals surface area contributed by atoms with Crippen molar-refractivity contribution < 1.29 is 13.2 Å². The molecule has 10 heteroatoms. The van der Waals surface area contributed by atoms with Crippen LogP contribution in [-0.2, 0) is 0 Å². The van der Waals surface area contributed by atoms with E-state index in [0.29, 0.717) is 35.6 Å². The zero-order chi connectivity index (χ0) is 22.2. The van der Waals surface area contributed by atoms with Gasteiger partial charge in [0, 0.05) is 30.1 Å². The lowest BCUT2D eigenvalue weighted by Gasteiger charge is -2.35. The molecule has 0 aliphatic carbocycles. The van der Waals surface area contributed by atoms with Gasteiger partial charge in [0.1, 0.15) is 18.3 Å². The summed E-state index contributed by atoms with van der Waals surface area (Å²) < 4.78 is 43.5. The zero-order valence-electron chi connectivity index (χ0n) is 17.2. The minimum absolute atomic E-state index is 0.196. The van der Waals surface area contributed by atoms with Crippen molar-refractivity contribution in [1.29, 1.82) is 0 Å². The Labute approximate surface area is 182 Å². The highest BCUT2D eigenvalue weighted by atomic mass is 19.2. The molecule has 2 unspecified atom stereocenters. The standard InChI is InChI=1S/C22H20F3N7/c1-13-9-20(27-12-26-13)31-8-6-19(18(25)11-31)28-22-29-21-15(3-2-7-32(21)30-22)14-4-5-16(23)17(24)10-14/h2-5,7,9-10,12,18-19H,6,8,11H2,1H3,(H,28,30). The first kappa shape index (κ1) is 20.2. The fraction of sp³-hybridized carbons (Fsp3) is 0.273. The molecule has 0 amide bonds. The highest BCUT2D eigenvalue weighted by Gasteiger charge is 2.31. The zero-order valence-corrected chi connectivity index (χ0v) is 17.2. The summed E-state index contributed by atoms with van der Waals surface area (Å²) >= 11 is 0. The molecule has 1 N–H and O–H groups in total. The normalized spacial score (nSPS) is 18.8. The van der Waals surface area contributed by atoms with Crippen LogP contribution in [0.5, 0.6) is 0 Å². The Morgan fingerprint density at radius 2 is 1.97 bits per heavy atom. The maximum Gasteiger partial charge on any atom is 0.243 e. The molecule has 7 nitrogen and oxygen atoms in total. The fourth-order valence-corrected chi connectivity index (χ4v) is 3.91. The third-order valence-corrected chi connectivity index (χ3v) is 5.56. The lowest BCUT2D eigenvalue weighted by molar-refractivity contribution is 0.262. The Balaban J connectivity index is 1.35. The van der Waals surface area contributed by atoms with Gasteiger partial charge in [-0.15, -0.1) is 5.10 Å². The van der Waals surface area contributed by atoms with Gasteiger partial charge >= 0.3 is 0 Å². The van der Waals surface area contributed by atoms with Crippen LogP contribution < -0.4 is 10.2 Å². The van der Waals surface area contributed by atoms with Crippen LogP contribution in [0.2, 0.25) is 0 Å². The molecule has 2 atom stereocenters. The number of aromatic nitrogens is 5. The second kappa shape index (κ2) is 8.10. The first-order chi connectivity index (χ1) is 15.5. The van der Waals surface area contributed by atoms with Crippen LogP contribution in [0.4, 0.5) is 24.9 Å². The van der Waals surface area contributed by atoms with Crippen molar-refractivity contribution in [2.45, 2.75) is 25.6 Å². The first-order valence-corrected chi connectivity index (χ1v) is 10.2. The van der Waals surface area contributed by atoms with Gasteiger partial charge < -0.3 is 10.2 Å². The van der Waals surface area contributed by atoms with Crippen LogP contribution in [0.1, 0.15) is 12.1 Å². The molecule has 1 saturated heterocycles. The highest BCUT2D eigenvalue weighted by molar-refractivity contribution is 5.77. The van der Waals surface area contributed by atoms with Gasteiger partial charge in [-0.25, -0.2) is 27.7 Å². The number of nitrogens with zero attached hydrogens (tertiary/aromatic N) is 6. The monoisotopic (exact) mass is 439 g/mol. The van der Waals surface area contributed by atoms with E-state index in [1.165, 1.54) is 16.9 Å². The summed E-state index contributed by atoms with van der Waals surface area (Å²) in [6, 6.07) is 8.54. The molecule has 32 heavy (non-hydrogen) atoms. The topological polar surface area (TPSA) is 71.2 Å². The van der Waals surface area contributed by atoms with E-state index in [1.807, 2.05) is 17.9 Å². The van der Waals surface area contributed by atoms with Crippen molar-refractivity contribution in [3.63, 3.8) is 0 Å². The predicted molar refractivity (Wildman–Crippen MR) is 114 cm³/mol. The maximum absolute atomic E-state index is 15.0. The molecule has 1 aliphatic heterocycles. The van der Waals surface area contributed by atoms with Crippen LogP contribution in [0, 0.1) is 18.6 Å². The molecule has 4 aromatic rings. The van der Waals surface area contributed by atoms with Crippen molar-refractivity contribution in [2.24, 2.45) is 0 Å². The molecular weight excluding hydrogens is 419 g/mol. The predicted octanol–water partition coefficient (Wildman–Crippen LogP) is 3.80. The molecule has 1 aromatic carbocycles. The largest absolute Gasteiger partial charge is 0.353 e. The molecular formula is C22H20F3N7. The smallest absolute Gasteiger partial charge is 0.243 e. The van der Waals surface area contributed by atoms with E-state index in [4.69, 9.17) is 0 Å². The van der Waals surface area contributed by atoms with Crippen LogP contribution >= 0.6 is 0 Å². The minimum Gasteiger partial charge on any atom is -0.353 e. The Morgan fingerprint density at radius 3 is 2.75 bits per heavy atom. The van der Waals surface area contributed by atoms with E-state index < -0.39 is 23.8 Å². The van der Waals surface area contributed by atoms with E-state index in [-0.39, 0.29) is 12.5 Å². The SMILES string of the molecule is Cc1cc(N2CCC(Nc3nc4c(-c5ccc(F)c(F)c5)cccn4n3)C(F)C2)ncn1. The van der Waals surface area contributed by atoms with Gasteiger partial charge in [0.25, 0.3) is 0 Å². The summed E-state index contributed by atoms with van der Waals surface area (Å²) in [6.45, 7) is 2.69. The number of fused-ring (bicyclic) bond motifs is 1. The number of hydrogen-bond donors (Lipinski definition) is 1. The second-order valence-corrected chi connectivity index (χ2v) is 7.77. The summed E-state index contributed by atoms with van der Waals surface area (Å²) in [5.41, 5.74) is 2.37. The van der Waals surface area contributed by atoms with Crippen molar-refractivity contribution in [2.75, 3.05) is 23.3 Å². The van der Waals surface area contributed by atoms with Gasteiger partial charge in [0.15, 0.2) is 17.3 Å². The Morgan fingerprint density at radius 1 is 1.09 bits per heavy atom. The number of anilines is 2. The number of halogens is 3. The molecule has 4 heterocycles.